The second kappa shape index (κ2) is 7.64. The molecule has 2 rings (SSSR count). The Morgan fingerprint density at radius 2 is 2.20 bits per heavy atom. The van der Waals surface area contributed by atoms with Crippen LogP contribution in [0.1, 0.15) is 44.1 Å². The van der Waals surface area contributed by atoms with Crippen LogP contribution in [0.2, 0.25) is 0 Å². The van der Waals surface area contributed by atoms with E-state index >= 15 is 0 Å². The maximum atomic E-state index is 11.9. The Labute approximate surface area is 124 Å². The third kappa shape index (κ3) is 4.49. The molecule has 1 aliphatic carbocycles. The third-order valence-electron chi connectivity index (χ3n) is 4.12. The van der Waals surface area contributed by atoms with Crippen LogP contribution in [0, 0.1) is 5.92 Å². The minimum Gasteiger partial charge on any atom is -0.396 e. The zero-order valence-corrected chi connectivity index (χ0v) is 12.8. The Morgan fingerprint density at radius 1 is 1.45 bits per heavy atom. The summed E-state index contributed by atoms with van der Waals surface area (Å²) in [5.41, 5.74) is 1.28. The van der Waals surface area contributed by atoms with Crippen molar-refractivity contribution in [1.29, 1.82) is 0 Å². The van der Waals surface area contributed by atoms with Crippen molar-refractivity contribution in [2.24, 2.45) is 5.92 Å². The van der Waals surface area contributed by atoms with E-state index in [-0.39, 0.29) is 18.7 Å². The van der Waals surface area contributed by atoms with E-state index in [1.807, 2.05) is 0 Å². The van der Waals surface area contributed by atoms with Crippen molar-refractivity contribution in [2.45, 2.75) is 44.6 Å². The van der Waals surface area contributed by atoms with Crippen LogP contribution in [-0.2, 0) is 0 Å². The molecule has 1 aromatic rings. The van der Waals surface area contributed by atoms with Crippen LogP contribution >= 0.6 is 11.3 Å². The molecule has 0 aliphatic heterocycles. The number of hydrogen-bond acceptors (Lipinski definition) is 3. The molecule has 1 atom stereocenters. The fraction of sp³-hybridized carbons (Fsp3) is 0.667. The van der Waals surface area contributed by atoms with Crippen molar-refractivity contribution in [3.05, 3.63) is 22.4 Å². The number of carbonyl (C=O) groups is 1. The second-order valence-electron chi connectivity index (χ2n) is 5.71. The standard InChI is InChI=1S/C15H24N2O2S/c1-11(13-6-7-20-10-13)8-16-15(19)17-14-4-2-12(9-18)3-5-14/h6-7,10-12,14,18H,2-5,8-9H2,1H3,(H2,16,17,19). The van der Waals surface area contributed by atoms with Gasteiger partial charge in [-0.2, -0.15) is 11.3 Å². The first-order valence-electron chi connectivity index (χ1n) is 7.36. The topological polar surface area (TPSA) is 61.4 Å². The normalized spacial score (nSPS) is 24.1. The van der Waals surface area contributed by atoms with Crippen LogP contribution < -0.4 is 10.6 Å². The van der Waals surface area contributed by atoms with Crippen molar-refractivity contribution in [3.63, 3.8) is 0 Å². The number of nitrogens with one attached hydrogen (secondary N) is 2. The summed E-state index contributed by atoms with van der Waals surface area (Å²) in [4.78, 5) is 11.9. The molecule has 20 heavy (non-hydrogen) atoms. The van der Waals surface area contributed by atoms with Gasteiger partial charge in [0.1, 0.15) is 0 Å². The molecule has 1 heterocycles. The van der Waals surface area contributed by atoms with E-state index in [4.69, 9.17) is 5.11 Å². The summed E-state index contributed by atoms with van der Waals surface area (Å²) in [6, 6.07) is 2.29. The van der Waals surface area contributed by atoms with E-state index in [9.17, 15) is 4.79 Å². The molecule has 1 unspecified atom stereocenters. The summed E-state index contributed by atoms with van der Waals surface area (Å²) < 4.78 is 0. The number of amides is 2. The van der Waals surface area contributed by atoms with Gasteiger partial charge in [0, 0.05) is 19.2 Å². The molecular formula is C15H24N2O2S. The highest BCUT2D eigenvalue weighted by atomic mass is 32.1. The molecule has 1 saturated carbocycles. The van der Waals surface area contributed by atoms with Crippen molar-refractivity contribution >= 4 is 17.4 Å². The van der Waals surface area contributed by atoms with Crippen molar-refractivity contribution < 1.29 is 9.90 Å². The van der Waals surface area contributed by atoms with Gasteiger partial charge in [0.05, 0.1) is 0 Å². The zero-order chi connectivity index (χ0) is 14.4. The van der Waals surface area contributed by atoms with Gasteiger partial charge in [0.25, 0.3) is 0 Å². The third-order valence-corrected chi connectivity index (χ3v) is 4.82. The molecule has 4 nitrogen and oxygen atoms in total. The van der Waals surface area contributed by atoms with E-state index in [2.05, 4.69) is 34.4 Å². The summed E-state index contributed by atoms with van der Waals surface area (Å²) in [7, 11) is 0. The molecule has 1 aliphatic rings. The van der Waals surface area contributed by atoms with Gasteiger partial charge < -0.3 is 15.7 Å². The second-order valence-corrected chi connectivity index (χ2v) is 6.49. The summed E-state index contributed by atoms with van der Waals surface area (Å²) in [6.45, 7) is 3.06. The smallest absolute Gasteiger partial charge is 0.315 e. The van der Waals surface area contributed by atoms with E-state index in [0.717, 1.165) is 25.7 Å². The number of carbonyl (C=O) groups excluding carboxylic acids is 1. The molecule has 2 amide bonds. The summed E-state index contributed by atoms with van der Waals surface area (Å²) in [5, 5.41) is 19.3. The van der Waals surface area contributed by atoms with Crippen LogP contribution in [0.3, 0.4) is 0 Å². The molecule has 3 N–H and O–H groups in total. The number of aliphatic hydroxyl groups excluding tert-OH is 1. The molecule has 112 valence electrons. The molecule has 0 aromatic carbocycles. The van der Waals surface area contributed by atoms with Gasteiger partial charge in [-0.3, -0.25) is 0 Å². The molecular weight excluding hydrogens is 272 g/mol. The van der Waals surface area contributed by atoms with E-state index in [1.165, 1.54) is 5.56 Å². The Bertz CT molecular complexity index is 400. The van der Waals surface area contributed by atoms with Crippen LogP contribution in [0.4, 0.5) is 4.79 Å². The average Bonchev–Trinajstić information content (AvgIpc) is 3.00. The lowest BCUT2D eigenvalue weighted by atomic mass is 9.87. The van der Waals surface area contributed by atoms with Gasteiger partial charge in [0.15, 0.2) is 0 Å². The van der Waals surface area contributed by atoms with E-state index in [1.54, 1.807) is 11.3 Å². The molecule has 0 radical (unpaired) electrons. The van der Waals surface area contributed by atoms with Gasteiger partial charge in [-0.1, -0.05) is 6.92 Å². The monoisotopic (exact) mass is 296 g/mol. The van der Waals surface area contributed by atoms with Crippen molar-refractivity contribution in [1.82, 2.24) is 10.6 Å². The average molecular weight is 296 g/mol. The fourth-order valence-corrected chi connectivity index (χ4v) is 3.43. The Balaban J connectivity index is 1.66. The molecule has 1 aromatic heterocycles. The van der Waals surface area contributed by atoms with E-state index < -0.39 is 0 Å². The van der Waals surface area contributed by atoms with Crippen LogP contribution in [-0.4, -0.2) is 30.3 Å². The van der Waals surface area contributed by atoms with Gasteiger partial charge >= 0.3 is 6.03 Å². The molecule has 0 saturated heterocycles. The van der Waals surface area contributed by atoms with Crippen molar-refractivity contribution in [3.8, 4) is 0 Å². The maximum absolute atomic E-state index is 11.9. The summed E-state index contributed by atoms with van der Waals surface area (Å²) >= 11 is 1.68. The Morgan fingerprint density at radius 3 is 2.80 bits per heavy atom. The first-order chi connectivity index (χ1) is 9.69. The summed E-state index contributed by atoms with van der Waals surface area (Å²) in [5.74, 6) is 0.770. The number of thiophene rings is 1. The number of aliphatic hydroxyl groups is 1. The molecule has 0 spiro atoms. The number of urea groups is 1. The van der Waals surface area contributed by atoms with E-state index in [0.29, 0.717) is 18.4 Å². The predicted octanol–water partition coefficient (Wildman–Crippen LogP) is 2.70. The number of hydrogen-bond donors (Lipinski definition) is 3. The maximum Gasteiger partial charge on any atom is 0.315 e. The minimum absolute atomic E-state index is 0.0699. The Kier molecular flexibility index (Phi) is 5.86. The van der Waals surface area contributed by atoms with Crippen LogP contribution in [0.5, 0.6) is 0 Å². The van der Waals surface area contributed by atoms with Gasteiger partial charge in [-0.15, -0.1) is 0 Å². The quantitative estimate of drug-likeness (QED) is 0.782. The minimum atomic E-state index is -0.0699. The van der Waals surface area contributed by atoms with Gasteiger partial charge in [0.2, 0.25) is 0 Å². The van der Waals surface area contributed by atoms with Crippen molar-refractivity contribution in [2.75, 3.05) is 13.2 Å². The van der Waals surface area contributed by atoms with Gasteiger partial charge in [-0.25, -0.2) is 4.79 Å². The van der Waals surface area contributed by atoms with Gasteiger partial charge in [-0.05, 0) is 59.9 Å². The fourth-order valence-electron chi connectivity index (χ4n) is 2.64. The van der Waals surface area contributed by atoms with Crippen LogP contribution in [0.15, 0.2) is 16.8 Å². The molecule has 0 bridgehead atoms. The predicted molar refractivity (Wildman–Crippen MR) is 82.1 cm³/mol. The van der Waals surface area contributed by atoms with Crippen LogP contribution in [0.25, 0.3) is 0 Å². The lowest BCUT2D eigenvalue weighted by Gasteiger charge is -2.28. The zero-order valence-electron chi connectivity index (χ0n) is 12.0. The lowest BCUT2D eigenvalue weighted by Crippen LogP contribution is -2.44. The SMILES string of the molecule is CC(CNC(=O)NC1CCC(CO)CC1)c1ccsc1. The summed E-state index contributed by atoms with van der Waals surface area (Å²) in [6.07, 6.45) is 3.96. The first kappa shape index (κ1) is 15.3. The largest absolute Gasteiger partial charge is 0.396 e. The molecule has 1 fully saturated rings. The lowest BCUT2D eigenvalue weighted by molar-refractivity contribution is 0.174. The number of rotatable bonds is 5. The highest BCUT2D eigenvalue weighted by Gasteiger charge is 2.21. The molecule has 5 heteroatoms. The highest BCUT2D eigenvalue weighted by molar-refractivity contribution is 7.07. The highest BCUT2D eigenvalue weighted by Crippen LogP contribution is 2.23. The first-order valence-corrected chi connectivity index (χ1v) is 8.30. The Hall–Kier alpha value is -1.07.